The number of rotatable bonds is 7. The van der Waals surface area contributed by atoms with Crippen molar-refractivity contribution in [1.82, 2.24) is 10.3 Å². The Labute approximate surface area is 203 Å². The van der Waals surface area contributed by atoms with Gasteiger partial charge in [0.2, 0.25) is 5.91 Å². The van der Waals surface area contributed by atoms with Gasteiger partial charge >= 0.3 is 0 Å². The third kappa shape index (κ3) is 5.28. The van der Waals surface area contributed by atoms with Crippen molar-refractivity contribution in [3.05, 3.63) is 72.4 Å². The number of benzene rings is 2. The largest absolute Gasteiger partial charge is 0.493 e. The molecule has 1 aliphatic rings. The third-order valence-electron chi connectivity index (χ3n) is 5.35. The first-order chi connectivity index (χ1) is 16.6. The lowest BCUT2D eigenvalue weighted by Gasteiger charge is -2.22. The second-order valence-electron chi connectivity index (χ2n) is 7.49. The van der Waals surface area contributed by atoms with Crippen LogP contribution < -0.4 is 14.8 Å². The van der Waals surface area contributed by atoms with E-state index >= 15 is 0 Å². The van der Waals surface area contributed by atoms with Gasteiger partial charge in [-0.25, -0.2) is 9.98 Å². The van der Waals surface area contributed by atoms with Crippen LogP contribution in [-0.2, 0) is 4.79 Å². The highest BCUT2D eigenvalue weighted by Crippen LogP contribution is 2.37. The predicted molar refractivity (Wildman–Crippen MR) is 136 cm³/mol. The summed E-state index contributed by atoms with van der Waals surface area (Å²) in [6, 6.07) is 19.0. The van der Waals surface area contributed by atoms with Gasteiger partial charge in [-0.2, -0.15) is 0 Å². The van der Waals surface area contributed by atoms with E-state index in [4.69, 9.17) is 19.5 Å². The number of hydrogen-bond acceptors (Lipinski definition) is 7. The minimum absolute atomic E-state index is 0.158. The summed E-state index contributed by atoms with van der Waals surface area (Å²) < 4.78 is 10.9. The number of fused-ring (bicyclic) bond motifs is 1. The molecule has 7 nitrogen and oxygen atoms in total. The van der Waals surface area contributed by atoms with E-state index in [0.29, 0.717) is 29.4 Å². The van der Waals surface area contributed by atoms with E-state index in [1.165, 1.54) is 11.8 Å². The zero-order valence-corrected chi connectivity index (χ0v) is 20.1. The number of carbonyl (C=O) groups excluding carboxylic acids is 1. The maximum absolute atomic E-state index is 13.0. The van der Waals surface area contributed by atoms with Crippen LogP contribution in [0.5, 0.6) is 11.5 Å². The lowest BCUT2D eigenvalue weighted by atomic mass is 9.90. The van der Waals surface area contributed by atoms with E-state index in [0.717, 1.165) is 22.0 Å². The molecule has 0 radical (unpaired) electrons. The number of methoxy groups -OCH3 is 2. The monoisotopic (exact) mass is 474 g/mol. The zero-order chi connectivity index (χ0) is 23.9. The molecule has 1 atom stereocenters. The van der Waals surface area contributed by atoms with Crippen molar-refractivity contribution in [3.8, 4) is 11.5 Å². The number of nitrogens with zero attached hydrogens (tertiary/aromatic N) is 3. The third-order valence-corrected chi connectivity index (χ3v) is 6.30. The van der Waals surface area contributed by atoms with E-state index < -0.39 is 0 Å². The molecule has 2 aromatic carbocycles. The molecule has 0 fully saturated rings. The number of para-hydroxylation sites is 2. The highest BCUT2D eigenvalue weighted by atomic mass is 32.2. The number of carbonyl (C=O) groups is 1. The first-order valence-electron chi connectivity index (χ1n) is 10.9. The Balaban J connectivity index is 1.71. The summed E-state index contributed by atoms with van der Waals surface area (Å²) in [7, 11) is 3.20. The molecule has 1 aliphatic heterocycles. The van der Waals surface area contributed by atoms with Gasteiger partial charge < -0.3 is 14.8 Å². The Morgan fingerprint density at radius 2 is 1.71 bits per heavy atom. The van der Waals surface area contributed by atoms with Crippen molar-refractivity contribution in [2.75, 3.05) is 20.0 Å². The van der Waals surface area contributed by atoms with Crippen LogP contribution in [0.4, 0.5) is 11.4 Å². The highest BCUT2D eigenvalue weighted by molar-refractivity contribution is 7.99. The molecule has 0 spiro atoms. The van der Waals surface area contributed by atoms with Gasteiger partial charge in [0.05, 0.1) is 42.3 Å². The van der Waals surface area contributed by atoms with Gasteiger partial charge in [0.25, 0.3) is 0 Å². The van der Waals surface area contributed by atoms with Crippen molar-refractivity contribution in [3.63, 3.8) is 0 Å². The molecule has 8 heteroatoms. The summed E-state index contributed by atoms with van der Waals surface area (Å²) in [5.41, 5.74) is 3.29. The lowest BCUT2D eigenvalue weighted by molar-refractivity contribution is -0.117. The SMILES string of the molecule is CCC1=Nc2ccccc2N=C(NC(=O)CSc2ccccn2)C1c1ccc(OC)c(OC)c1. The molecule has 1 N–H and O–H groups in total. The summed E-state index contributed by atoms with van der Waals surface area (Å²) in [5, 5.41) is 3.85. The minimum Gasteiger partial charge on any atom is -0.493 e. The van der Waals surface area contributed by atoms with Crippen LogP contribution >= 0.6 is 11.8 Å². The number of amides is 1. The number of aliphatic imine (C=N–C) groups is 2. The molecule has 34 heavy (non-hydrogen) atoms. The maximum Gasteiger partial charge on any atom is 0.235 e. The average molecular weight is 475 g/mol. The molecule has 0 aliphatic carbocycles. The Morgan fingerprint density at radius 3 is 2.38 bits per heavy atom. The van der Waals surface area contributed by atoms with Crippen LogP contribution in [0.2, 0.25) is 0 Å². The number of pyridine rings is 1. The van der Waals surface area contributed by atoms with Crippen LogP contribution in [0.3, 0.4) is 0 Å². The summed E-state index contributed by atoms with van der Waals surface area (Å²) in [5.74, 6) is 1.48. The first kappa shape index (κ1) is 23.5. The van der Waals surface area contributed by atoms with Crippen molar-refractivity contribution in [2.24, 2.45) is 9.98 Å². The smallest absolute Gasteiger partial charge is 0.235 e. The van der Waals surface area contributed by atoms with E-state index in [1.54, 1.807) is 20.4 Å². The van der Waals surface area contributed by atoms with E-state index in [-0.39, 0.29) is 17.6 Å². The summed E-state index contributed by atoms with van der Waals surface area (Å²) in [6.45, 7) is 2.05. The molecule has 0 saturated heterocycles. The summed E-state index contributed by atoms with van der Waals surface area (Å²) >= 11 is 1.38. The number of hydrogen-bond donors (Lipinski definition) is 1. The molecular weight excluding hydrogens is 448 g/mol. The molecule has 1 amide bonds. The zero-order valence-electron chi connectivity index (χ0n) is 19.3. The van der Waals surface area contributed by atoms with Crippen molar-refractivity contribution < 1.29 is 14.3 Å². The number of amidine groups is 1. The molecule has 0 bridgehead atoms. The molecule has 4 rings (SSSR count). The molecule has 1 unspecified atom stereocenters. The molecule has 0 saturated carbocycles. The molecular formula is C26H26N4O3S. The van der Waals surface area contributed by atoms with Gasteiger partial charge in [-0.1, -0.05) is 43.0 Å². The average Bonchev–Trinajstić information content (AvgIpc) is 3.03. The van der Waals surface area contributed by atoms with Crippen LogP contribution in [0.1, 0.15) is 24.8 Å². The fraction of sp³-hybridized carbons (Fsp3) is 0.231. The van der Waals surface area contributed by atoms with Gasteiger partial charge in [-0.05, 0) is 48.4 Å². The predicted octanol–water partition coefficient (Wildman–Crippen LogP) is 5.32. The van der Waals surface area contributed by atoms with Crippen LogP contribution in [-0.4, -0.2) is 42.4 Å². The molecule has 174 valence electrons. The van der Waals surface area contributed by atoms with Crippen LogP contribution in [0.25, 0.3) is 0 Å². The van der Waals surface area contributed by atoms with Crippen LogP contribution in [0, 0.1) is 0 Å². The number of aromatic nitrogens is 1. The standard InChI is InChI=1S/C26H26N4O3S/c1-4-18-25(17-12-13-21(32-2)22(15-17)33-3)26(29-20-10-6-5-9-19(20)28-18)30-23(31)16-34-24-11-7-8-14-27-24/h5-15,25H,4,16H2,1-3H3,(H,29,30,31). The van der Waals surface area contributed by atoms with E-state index in [1.807, 2.05) is 60.7 Å². The fourth-order valence-corrected chi connectivity index (χ4v) is 4.40. The van der Waals surface area contributed by atoms with Crippen LogP contribution in [0.15, 0.2) is 81.9 Å². The molecule has 1 aromatic heterocycles. The number of nitrogens with one attached hydrogen (secondary N) is 1. The highest BCUT2D eigenvalue weighted by Gasteiger charge is 2.29. The fourth-order valence-electron chi connectivity index (χ4n) is 3.74. The Morgan fingerprint density at radius 1 is 0.971 bits per heavy atom. The second kappa shape index (κ2) is 11.0. The van der Waals surface area contributed by atoms with E-state index in [2.05, 4.69) is 17.2 Å². The lowest BCUT2D eigenvalue weighted by Crippen LogP contribution is -2.38. The van der Waals surface area contributed by atoms with E-state index in [9.17, 15) is 4.79 Å². The number of ether oxygens (including phenoxy) is 2. The van der Waals surface area contributed by atoms with Crippen molar-refractivity contribution in [2.45, 2.75) is 24.3 Å². The van der Waals surface area contributed by atoms with Gasteiger partial charge in [0.1, 0.15) is 5.84 Å². The quantitative estimate of drug-likeness (QED) is 0.469. The van der Waals surface area contributed by atoms with Crippen molar-refractivity contribution >= 4 is 40.6 Å². The topological polar surface area (TPSA) is 85.2 Å². The first-order valence-corrected chi connectivity index (χ1v) is 11.9. The number of thioether (sulfide) groups is 1. The van der Waals surface area contributed by atoms with Gasteiger partial charge in [0.15, 0.2) is 11.5 Å². The van der Waals surface area contributed by atoms with Gasteiger partial charge in [0, 0.05) is 11.9 Å². The molecule has 3 aromatic rings. The normalized spacial score (nSPS) is 14.9. The Hall–Kier alpha value is -3.65. The Kier molecular flexibility index (Phi) is 7.59. The Bertz CT molecular complexity index is 1230. The van der Waals surface area contributed by atoms with Gasteiger partial charge in [-0.3, -0.25) is 9.79 Å². The minimum atomic E-state index is -0.346. The maximum atomic E-state index is 13.0. The summed E-state index contributed by atoms with van der Waals surface area (Å²) in [4.78, 5) is 27.0. The summed E-state index contributed by atoms with van der Waals surface area (Å²) in [6.07, 6.45) is 2.40. The van der Waals surface area contributed by atoms with Gasteiger partial charge in [-0.15, -0.1) is 0 Å². The van der Waals surface area contributed by atoms with Crippen molar-refractivity contribution in [1.29, 1.82) is 0 Å². The molecule has 2 heterocycles. The second-order valence-corrected chi connectivity index (χ2v) is 8.49.